The van der Waals surface area contributed by atoms with E-state index in [9.17, 15) is 10.5 Å². The molecule has 0 saturated heterocycles. The Labute approximate surface area is 422 Å². The van der Waals surface area contributed by atoms with Crippen molar-refractivity contribution in [3.63, 3.8) is 0 Å². The number of aryl methyl sites for hydroxylation is 1. The molecule has 0 aliphatic carbocycles. The largest absolute Gasteiger partial charge is 0.378 e. The lowest BCUT2D eigenvalue weighted by Gasteiger charge is -2.25. The van der Waals surface area contributed by atoms with E-state index in [2.05, 4.69) is 97.3 Å². The Morgan fingerprint density at radius 2 is 0.814 bits per heavy atom. The molecule has 6 aromatic carbocycles. The molecule has 0 amide bonds. The zero-order chi connectivity index (χ0) is 48.8. The first-order chi connectivity index (χ1) is 34.0. The molecular formula is C57H43B2Cl3N8. The standard InChI is InChI=1S/C57H43B2Cl3N8/c1-34(2)54-52-53(57(42(31-64)51-33-66-47-28-44(61)45(62)29-49(47)68-51)70(54)59(39-22-14-8-15-23-39)40-24-16-9-17-25-40)55(35(3)4)69(58(37-18-10-6-11-19-37)38-20-12-7-13-21-38)56(52)41(30-63)50-32-65-46-27-43(60)36(5)26-48(46)67-50/h6-29,32-35H,1-5H3/b56-41-,57-42-. The van der Waals surface area contributed by atoms with Gasteiger partial charge in [0, 0.05) is 27.2 Å². The first-order valence-electron chi connectivity index (χ1n) is 23.1. The predicted octanol–water partition coefficient (Wildman–Crippen LogP) is 9.60. The minimum Gasteiger partial charge on any atom is -0.378 e. The van der Waals surface area contributed by atoms with Gasteiger partial charge in [0.25, 0.3) is 0 Å². The molecule has 0 saturated carbocycles. The molecule has 338 valence electrons. The molecule has 13 heteroatoms. The van der Waals surface area contributed by atoms with Gasteiger partial charge < -0.3 is 8.96 Å². The highest BCUT2D eigenvalue weighted by atomic mass is 35.5. The van der Waals surface area contributed by atoms with Crippen LogP contribution >= 0.6 is 34.8 Å². The summed E-state index contributed by atoms with van der Waals surface area (Å²) in [6, 6.07) is 53.9. The van der Waals surface area contributed by atoms with Crippen LogP contribution in [-0.2, 0) is 0 Å². The van der Waals surface area contributed by atoms with Gasteiger partial charge in [-0.15, -0.1) is 0 Å². The second-order valence-electron chi connectivity index (χ2n) is 18.0. The number of rotatable bonds is 10. The molecule has 10 rings (SSSR count). The van der Waals surface area contributed by atoms with Crippen molar-refractivity contribution in [3.05, 3.63) is 212 Å². The van der Waals surface area contributed by atoms with Crippen molar-refractivity contribution >= 4 is 114 Å². The molecule has 0 fully saturated rings. The van der Waals surface area contributed by atoms with Crippen LogP contribution in [0.4, 0.5) is 0 Å². The van der Waals surface area contributed by atoms with E-state index in [4.69, 9.17) is 54.7 Å². The molecule has 0 aliphatic heterocycles. The molecule has 0 unspecified atom stereocenters. The fraction of sp³-hybridized carbons (Fsp3) is 0.123. The summed E-state index contributed by atoms with van der Waals surface area (Å²) < 4.78 is 4.66. The van der Waals surface area contributed by atoms with Crippen LogP contribution in [0.5, 0.6) is 0 Å². The summed E-state index contributed by atoms with van der Waals surface area (Å²) in [5, 5.41) is 28.0. The second kappa shape index (κ2) is 19.1. The number of nitrogens with zero attached hydrogens (tertiary/aromatic N) is 8. The second-order valence-corrected chi connectivity index (χ2v) is 19.3. The van der Waals surface area contributed by atoms with Gasteiger partial charge in [-0.05, 0) is 48.6 Å². The number of benzene rings is 6. The van der Waals surface area contributed by atoms with Crippen LogP contribution < -0.4 is 32.5 Å². The zero-order valence-corrected chi connectivity index (χ0v) is 41.3. The third-order valence-corrected chi connectivity index (χ3v) is 14.1. The van der Waals surface area contributed by atoms with E-state index in [-0.39, 0.29) is 11.8 Å². The van der Waals surface area contributed by atoms with Gasteiger partial charge in [-0.2, -0.15) is 10.5 Å². The molecule has 0 aliphatic rings. The van der Waals surface area contributed by atoms with Gasteiger partial charge in [-0.3, -0.25) is 9.97 Å². The molecular weight excluding hydrogens is 925 g/mol. The molecule has 4 heterocycles. The maximum Gasteiger partial charge on any atom is 0.327 e. The molecule has 10 aromatic rings. The smallest absolute Gasteiger partial charge is 0.327 e. The molecule has 0 N–H and O–H groups in total. The summed E-state index contributed by atoms with van der Waals surface area (Å²) in [5.74, 6) is -0.354. The van der Waals surface area contributed by atoms with E-state index < -0.39 is 13.7 Å². The van der Waals surface area contributed by atoms with Gasteiger partial charge in [0.2, 0.25) is 0 Å². The van der Waals surface area contributed by atoms with Crippen molar-refractivity contribution in [2.75, 3.05) is 0 Å². The third kappa shape index (κ3) is 8.12. The van der Waals surface area contributed by atoms with Gasteiger partial charge >= 0.3 is 13.7 Å². The molecule has 0 spiro atoms. The maximum absolute atomic E-state index is 11.9. The van der Waals surface area contributed by atoms with Crippen molar-refractivity contribution in [3.8, 4) is 12.1 Å². The molecule has 8 nitrogen and oxygen atoms in total. The van der Waals surface area contributed by atoms with Gasteiger partial charge in [0.1, 0.15) is 34.7 Å². The fourth-order valence-corrected chi connectivity index (χ4v) is 10.5. The Kier molecular flexibility index (Phi) is 12.7. The minimum atomic E-state index is -0.453. The fourth-order valence-electron chi connectivity index (χ4n) is 9.99. The van der Waals surface area contributed by atoms with Crippen molar-refractivity contribution in [1.82, 2.24) is 28.9 Å². The van der Waals surface area contributed by atoms with E-state index in [1.807, 2.05) is 91.9 Å². The highest BCUT2D eigenvalue weighted by molar-refractivity contribution is 6.85. The molecule has 0 atom stereocenters. The van der Waals surface area contributed by atoms with Gasteiger partial charge in [-0.1, -0.05) is 206 Å². The van der Waals surface area contributed by atoms with E-state index in [0.29, 0.717) is 70.4 Å². The Balaban J connectivity index is 1.53. The van der Waals surface area contributed by atoms with Gasteiger partial charge in [-0.25, -0.2) is 9.97 Å². The third-order valence-electron chi connectivity index (χ3n) is 12.9. The first kappa shape index (κ1) is 46.3. The van der Waals surface area contributed by atoms with Crippen LogP contribution in [0.2, 0.25) is 15.1 Å². The summed E-state index contributed by atoms with van der Waals surface area (Å²) in [7, 11) is 0. The molecule has 0 bridgehead atoms. The summed E-state index contributed by atoms with van der Waals surface area (Å²) in [6.45, 7) is 9.72. The van der Waals surface area contributed by atoms with Crippen molar-refractivity contribution in [1.29, 1.82) is 10.5 Å². The van der Waals surface area contributed by atoms with E-state index >= 15 is 0 Å². The highest BCUT2D eigenvalue weighted by Gasteiger charge is 2.37. The highest BCUT2D eigenvalue weighted by Crippen LogP contribution is 2.34. The quantitative estimate of drug-likeness (QED) is 0.126. The van der Waals surface area contributed by atoms with E-state index in [1.54, 1.807) is 24.5 Å². The monoisotopic (exact) mass is 966 g/mol. The Morgan fingerprint density at radius 1 is 0.486 bits per heavy atom. The van der Waals surface area contributed by atoms with Crippen LogP contribution in [0, 0.1) is 29.6 Å². The van der Waals surface area contributed by atoms with Gasteiger partial charge in [0.15, 0.2) is 0 Å². The van der Waals surface area contributed by atoms with Gasteiger partial charge in [0.05, 0.1) is 55.2 Å². The summed E-state index contributed by atoms with van der Waals surface area (Å²) in [5.41, 5.74) is 10.3. The van der Waals surface area contributed by atoms with Crippen molar-refractivity contribution in [2.24, 2.45) is 0 Å². The lowest BCUT2D eigenvalue weighted by atomic mass is 9.49. The number of halogens is 3. The van der Waals surface area contributed by atoms with Crippen LogP contribution in [0.1, 0.15) is 67.9 Å². The number of aromatic nitrogens is 6. The van der Waals surface area contributed by atoms with E-state index in [1.165, 1.54) is 0 Å². The van der Waals surface area contributed by atoms with Crippen molar-refractivity contribution in [2.45, 2.75) is 46.5 Å². The van der Waals surface area contributed by atoms with Crippen LogP contribution in [0.3, 0.4) is 0 Å². The van der Waals surface area contributed by atoms with E-state index in [0.717, 1.165) is 49.6 Å². The van der Waals surface area contributed by atoms with Crippen LogP contribution in [0.15, 0.2) is 158 Å². The number of fused-ring (bicyclic) bond motifs is 3. The number of hydrogen-bond acceptors (Lipinski definition) is 6. The lowest BCUT2D eigenvalue weighted by Crippen LogP contribution is -2.55. The Hall–Kier alpha value is -7.46. The van der Waals surface area contributed by atoms with Crippen molar-refractivity contribution < 1.29 is 0 Å². The SMILES string of the molecule is Cc1cc2nc(/C(C#N)=c3/c4c(C(C)C)n(B(c5ccccc5)c5ccccc5)/c(=C(/C#N)c5cnc6cc(Cl)c(Cl)cc6n5)c4c(C(C)C)n3B(c3ccccc3)c3ccccc3)cnc2cc1Cl. The average Bonchev–Trinajstić information content (AvgIpc) is 3.87. The molecule has 70 heavy (non-hydrogen) atoms. The average molecular weight is 968 g/mol. The normalized spacial score (nSPS) is 12.4. The topological polar surface area (TPSA) is 109 Å². The molecule has 4 aromatic heterocycles. The zero-order valence-electron chi connectivity index (χ0n) is 39.0. The minimum absolute atomic E-state index is 0.177. The number of hydrogen-bond donors (Lipinski definition) is 0. The summed E-state index contributed by atoms with van der Waals surface area (Å²) in [6.07, 6.45) is 3.31. The maximum atomic E-state index is 11.9. The molecule has 0 radical (unpaired) electrons. The predicted molar refractivity (Wildman–Crippen MR) is 289 cm³/mol. The van der Waals surface area contributed by atoms with Crippen LogP contribution in [-0.4, -0.2) is 42.6 Å². The Morgan fingerprint density at radius 3 is 1.16 bits per heavy atom. The van der Waals surface area contributed by atoms with Crippen LogP contribution in [0.25, 0.3) is 44.0 Å². The lowest BCUT2D eigenvalue weighted by molar-refractivity contribution is 0.796. The number of nitriles is 2. The Bertz CT molecular complexity index is 3530. The summed E-state index contributed by atoms with van der Waals surface area (Å²) in [4.78, 5) is 20.1. The summed E-state index contributed by atoms with van der Waals surface area (Å²) >= 11 is 19.7. The first-order valence-corrected chi connectivity index (χ1v) is 24.2.